The lowest BCUT2D eigenvalue weighted by molar-refractivity contribution is -0.127. The standard InChI is InChI=1S/C17H24N2O2/c1-17(18,13-7-8-13)16(20)19-15(11-3-4-11)12-5-9-14(21-2)10-6-12/h5-6,9-11,13,15H,3-4,7-8,18H2,1-2H3,(H,19,20). The van der Waals surface area contributed by atoms with E-state index in [1.165, 1.54) is 12.8 Å². The summed E-state index contributed by atoms with van der Waals surface area (Å²) < 4.78 is 5.19. The molecule has 1 aromatic rings. The van der Waals surface area contributed by atoms with Crippen LogP contribution in [-0.2, 0) is 4.79 Å². The van der Waals surface area contributed by atoms with Gasteiger partial charge in [-0.1, -0.05) is 12.1 Å². The Bertz CT molecular complexity index is 516. The monoisotopic (exact) mass is 288 g/mol. The van der Waals surface area contributed by atoms with E-state index in [0.29, 0.717) is 11.8 Å². The average molecular weight is 288 g/mol. The first kappa shape index (κ1) is 14.4. The Morgan fingerprint density at radius 2 is 1.90 bits per heavy atom. The fraction of sp³-hybridized carbons (Fsp3) is 0.588. The minimum atomic E-state index is -0.736. The van der Waals surface area contributed by atoms with Crippen LogP contribution < -0.4 is 15.8 Å². The number of carbonyl (C=O) groups is 1. The van der Waals surface area contributed by atoms with Gasteiger partial charge in [0.2, 0.25) is 5.91 Å². The maximum absolute atomic E-state index is 12.5. The van der Waals surface area contributed by atoms with Gasteiger partial charge < -0.3 is 15.8 Å². The molecular weight excluding hydrogens is 264 g/mol. The molecule has 2 atom stereocenters. The van der Waals surface area contributed by atoms with Crippen molar-refractivity contribution in [1.82, 2.24) is 5.32 Å². The van der Waals surface area contributed by atoms with Crippen LogP contribution in [0.25, 0.3) is 0 Å². The summed E-state index contributed by atoms with van der Waals surface area (Å²) in [5.41, 5.74) is 6.63. The fourth-order valence-electron chi connectivity index (χ4n) is 2.88. The summed E-state index contributed by atoms with van der Waals surface area (Å²) in [6.07, 6.45) is 4.47. The van der Waals surface area contributed by atoms with Gasteiger partial charge in [-0.05, 0) is 62.1 Å². The van der Waals surface area contributed by atoms with Crippen LogP contribution in [0.4, 0.5) is 0 Å². The number of carbonyl (C=O) groups excluding carboxylic acids is 1. The van der Waals surface area contributed by atoms with E-state index in [-0.39, 0.29) is 11.9 Å². The molecule has 0 aromatic heterocycles. The second kappa shape index (κ2) is 5.34. The van der Waals surface area contributed by atoms with Crippen LogP contribution >= 0.6 is 0 Å². The Balaban J connectivity index is 1.73. The van der Waals surface area contributed by atoms with E-state index < -0.39 is 5.54 Å². The van der Waals surface area contributed by atoms with Crippen LogP contribution in [0.2, 0.25) is 0 Å². The number of hydrogen-bond donors (Lipinski definition) is 2. The molecule has 0 heterocycles. The molecule has 114 valence electrons. The van der Waals surface area contributed by atoms with Gasteiger partial charge in [0, 0.05) is 0 Å². The highest BCUT2D eigenvalue weighted by molar-refractivity contribution is 5.86. The Labute approximate surface area is 126 Å². The molecule has 2 fully saturated rings. The van der Waals surface area contributed by atoms with E-state index in [9.17, 15) is 4.79 Å². The number of nitrogens with two attached hydrogens (primary N) is 1. The van der Waals surface area contributed by atoms with Crippen LogP contribution in [-0.4, -0.2) is 18.6 Å². The number of hydrogen-bond acceptors (Lipinski definition) is 3. The Morgan fingerprint density at radius 1 is 1.29 bits per heavy atom. The van der Waals surface area contributed by atoms with E-state index in [0.717, 1.165) is 24.2 Å². The molecule has 0 saturated heterocycles. The highest BCUT2D eigenvalue weighted by atomic mass is 16.5. The van der Waals surface area contributed by atoms with Gasteiger partial charge >= 0.3 is 0 Å². The highest BCUT2D eigenvalue weighted by Gasteiger charge is 2.45. The van der Waals surface area contributed by atoms with Gasteiger partial charge in [0.25, 0.3) is 0 Å². The lowest BCUT2D eigenvalue weighted by Gasteiger charge is -2.27. The van der Waals surface area contributed by atoms with Gasteiger partial charge in [-0.3, -0.25) is 4.79 Å². The highest BCUT2D eigenvalue weighted by Crippen LogP contribution is 2.43. The average Bonchev–Trinajstić information content (AvgIpc) is 3.36. The van der Waals surface area contributed by atoms with Crippen LogP contribution in [0.5, 0.6) is 5.75 Å². The summed E-state index contributed by atoms with van der Waals surface area (Å²) >= 11 is 0. The number of ether oxygens (including phenoxy) is 1. The van der Waals surface area contributed by atoms with Crippen molar-refractivity contribution in [2.75, 3.05) is 7.11 Å². The van der Waals surface area contributed by atoms with E-state index >= 15 is 0 Å². The minimum Gasteiger partial charge on any atom is -0.497 e. The van der Waals surface area contributed by atoms with Crippen molar-refractivity contribution in [2.45, 2.75) is 44.2 Å². The summed E-state index contributed by atoms with van der Waals surface area (Å²) in [6, 6.07) is 8.03. The van der Waals surface area contributed by atoms with Crippen molar-refractivity contribution in [3.05, 3.63) is 29.8 Å². The zero-order valence-corrected chi connectivity index (χ0v) is 12.8. The van der Waals surface area contributed by atoms with Crippen LogP contribution in [0.3, 0.4) is 0 Å². The first-order chi connectivity index (χ1) is 10.0. The molecule has 2 aliphatic carbocycles. The molecule has 1 amide bonds. The SMILES string of the molecule is COc1ccc(C(NC(=O)C(C)(N)C2CC2)C2CC2)cc1. The van der Waals surface area contributed by atoms with Crippen molar-refractivity contribution in [3.8, 4) is 5.75 Å². The Morgan fingerprint density at radius 3 is 2.38 bits per heavy atom. The third-order valence-electron chi connectivity index (χ3n) is 4.77. The van der Waals surface area contributed by atoms with Gasteiger partial charge in [0.15, 0.2) is 0 Å². The Hall–Kier alpha value is -1.55. The molecule has 2 aliphatic rings. The number of benzene rings is 1. The molecule has 3 rings (SSSR count). The summed E-state index contributed by atoms with van der Waals surface area (Å²) in [4.78, 5) is 12.5. The van der Waals surface area contributed by atoms with E-state index in [1.54, 1.807) is 7.11 Å². The second-order valence-corrected chi connectivity index (χ2v) is 6.62. The zero-order valence-electron chi connectivity index (χ0n) is 12.8. The zero-order chi connectivity index (χ0) is 15.0. The smallest absolute Gasteiger partial charge is 0.240 e. The lowest BCUT2D eigenvalue weighted by atomic mass is 9.94. The lowest BCUT2D eigenvalue weighted by Crippen LogP contribution is -2.54. The molecule has 0 spiro atoms. The van der Waals surface area contributed by atoms with Gasteiger partial charge in [-0.25, -0.2) is 0 Å². The molecule has 3 N–H and O–H groups in total. The van der Waals surface area contributed by atoms with Crippen LogP contribution in [0, 0.1) is 11.8 Å². The molecule has 0 bridgehead atoms. The summed E-state index contributed by atoms with van der Waals surface area (Å²) in [6.45, 7) is 1.86. The van der Waals surface area contributed by atoms with Crippen molar-refractivity contribution in [2.24, 2.45) is 17.6 Å². The molecule has 0 radical (unpaired) electrons. The predicted octanol–water partition coefficient (Wildman–Crippen LogP) is 2.39. The third kappa shape index (κ3) is 3.05. The molecule has 4 heteroatoms. The van der Waals surface area contributed by atoms with Gasteiger partial charge in [0.1, 0.15) is 5.75 Å². The van der Waals surface area contributed by atoms with Gasteiger partial charge in [-0.15, -0.1) is 0 Å². The van der Waals surface area contributed by atoms with Crippen LogP contribution in [0.1, 0.15) is 44.2 Å². The molecule has 2 saturated carbocycles. The topological polar surface area (TPSA) is 64.3 Å². The maximum atomic E-state index is 12.5. The normalized spacial score (nSPS) is 22.2. The van der Waals surface area contributed by atoms with Crippen molar-refractivity contribution < 1.29 is 9.53 Å². The molecule has 4 nitrogen and oxygen atoms in total. The molecule has 1 aromatic carbocycles. The predicted molar refractivity (Wildman–Crippen MR) is 81.9 cm³/mol. The number of methoxy groups -OCH3 is 1. The number of nitrogens with one attached hydrogen (secondary N) is 1. The van der Waals surface area contributed by atoms with Gasteiger partial charge in [0.05, 0.1) is 18.7 Å². The second-order valence-electron chi connectivity index (χ2n) is 6.62. The molecule has 21 heavy (non-hydrogen) atoms. The quantitative estimate of drug-likeness (QED) is 0.844. The molecule has 2 unspecified atom stereocenters. The van der Waals surface area contributed by atoms with Crippen molar-refractivity contribution in [3.63, 3.8) is 0 Å². The number of rotatable bonds is 6. The first-order valence-corrected chi connectivity index (χ1v) is 7.76. The van der Waals surface area contributed by atoms with Crippen LogP contribution in [0.15, 0.2) is 24.3 Å². The van der Waals surface area contributed by atoms with Gasteiger partial charge in [-0.2, -0.15) is 0 Å². The van der Waals surface area contributed by atoms with E-state index in [2.05, 4.69) is 5.32 Å². The largest absolute Gasteiger partial charge is 0.497 e. The minimum absolute atomic E-state index is 0.0160. The summed E-state index contributed by atoms with van der Waals surface area (Å²) in [7, 11) is 1.66. The first-order valence-electron chi connectivity index (χ1n) is 7.76. The molecular formula is C17H24N2O2. The van der Waals surface area contributed by atoms with Crippen molar-refractivity contribution in [1.29, 1.82) is 0 Å². The maximum Gasteiger partial charge on any atom is 0.240 e. The van der Waals surface area contributed by atoms with E-state index in [4.69, 9.17) is 10.5 Å². The van der Waals surface area contributed by atoms with E-state index in [1.807, 2.05) is 31.2 Å². The summed E-state index contributed by atoms with van der Waals surface area (Å²) in [5.74, 6) is 1.70. The third-order valence-corrected chi connectivity index (χ3v) is 4.77. The van der Waals surface area contributed by atoms with Crippen molar-refractivity contribution >= 4 is 5.91 Å². The summed E-state index contributed by atoms with van der Waals surface area (Å²) in [5, 5.41) is 3.19. The number of amides is 1. The fourth-order valence-corrected chi connectivity index (χ4v) is 2.88. The Kier molecular flexibility index (Phi) is 3.66. The molecule has 0 aliphatic heterocycles.